The number of non-ortho nitro benzene ring substituents is 1. The Bertz CT molecular complexity index is 1240. The molecule has 2 rings (SSSR count). The Balaban J connectivity index is 2.46. The van der Waals surface area contributed by atoms with E-state index in [-0.39, 0.29) is 29.0 Å². The first-order chi connectivity index (χ1) is 16.7. The molecule has 0 aromatic heterocycles. The summed E-state index contributed by atoms with van der Waals surface area (Å²) >= 11 is 12.3. The first-order valence-corrected chi connectivity index (χ1v) is 13.6. The van der Waals surface area contributed by atoms with E-state index in [1.807, 2.05) is 13.8 Å². The summed E-state index contributed by atoms with van der Waals surface area (Å²) < 4.78 is 25.9. The molecule has 0 spiro atoms. The van der Waals surface area contributed by atoms with Crippen LogP contribution in [0.5, 0.6) is 0 Å². The van der Waals surface area contributed by atoms with Crippen molar-refractivity contribution in [2.24, 2.45) is 0 Å². The number of anilines is 1. The molecule has 36 heavy (non-hydrogen) atoms. The number of carbonyl (C=O) groups is 2. The molecule has 2 aromatic carbocycles. The number of hydrogen-bond donors (Lipinski definition) is 1. The molecule has 2 amide bonds. The van der Waals surface area contributed by atoms with E-state index in [9.17, 15) is 28.1 Å². The van der Waals surface area contributed by atoms with Crippen LogP contribution in [0.25, 0.3) is 0 Å². The number of nitrogens with zero attached hydrogens (tertiary/aromatic N) is 3. The van der Waals surface area contributed by atoms with Gasteiger partial charge in [0.05, 0.1) is 16.9 Å². The fraction of sp³-hybridized carbons (Fsp3) is 0.391. The summed E-state index contributed by atoms with van der Waals surface area (Å²) in [4.78, 5) is 38.1. The lowest BCUT2D eigenvalue weighted by Gasteiger charge is -2.32. The predicted octanol–water partition coefficient (Wildman–Crippen LogP) is 4.00. The van der Waals surface area contributed by atoms with Crippen molar-refractivity contribution in [3.05, 3.63) is 68.2 Å². The summed E-state index contributed by atoms with van der Waals surface area (Å²) in [6.07, 6.45) is 1.56. The van der Waals surface area contributed by atoms with Crippen LogP contribution in [0.2, 0.25) is 10.0 Å². The molecule has 10 nitrogen and oxygen atoms in total. The second kappa shape index (κ2) is 12.4. The van der Waals surface area contributed by atoms with Gasteiger partial charge in [-0.25, -0.2) is 8.42 Å². The highest BCUT2D eigenvalue weighted by molar-refractivity contribution is 7.92. The standard InChI is InChI=1S/C23H28Cl2N4O6S/c1-5-15(2)26-23(31)16(3)27(13-17-9-10-18(24)11-21(17)25)22(30)14-28(36(4,34)35)19-7-6-8-20(12-19)29(32)33/h6-12,15-16H,5,13-14H2,1-4H3,(H,26,31)/t15-,16-/m1/s1. The minimum atomic E-state index is -4.03. The molecule has 0 heterocycles. The number of amides is 2. The van der Waals surface area contributed by atoms with Crippen LogP contribution in [-0.4, -0.2) is 54.9 Å². The molecule has 2 aromatic rings. The van der Waals surface area contributed by atoms with Gasteiger partial charge in [0.1, 0.15) is 12.6 Å². The van der Waals surface area contributed by atoms with Gasteiger partial charge in [-0.05, 0) is 44.0 Å². The predicted molar refractivity (Wildman–Crippen MR) is 140 cm³/mol. The van der Waals surface area contributed by atoms with E-state index >= 15 is 0 Å². The Labute approximate surface area is 220 Å². The summed E-state index contributed by atoms with van der Waals surface area (Å²) in [5, 5.41) is 14.7. The Kier molecular flexibility index (Phi) is 10.1. The van der Waals surface area contributed by atoms with Gasteiger partial charge in [0, 0.05) is 34.8 Å². The quantitative estimate of drug-likeness (QED) is 0.327. The molecule has 0 aliphatic heterocycles. The van der Waals surface area contributed by atoms with Gasteiger partial charge >= 0.3 is 0 Å². The first-order valence-electron chi connectivity index (χ1n) is 11.0. The molecular weight excluding hydrogens is 531 g/mol. The van der Waals surface area contributed by atoms with Crippen LogP contribution in [0.15, 0.2) is 42.5 Å². The zero-order valence-corrected chi connectivity index (χ0v) is 22.6. The average Bonchev–Trinajstić information content (AvgIpc) is 2.80. The molecular formula is C23H28Cl2N4O6S. The van der Waals surface area contributed by atoms with Crippen LogP contribution in [-0.2, 0) is 26.2 Å². The van der Waals surface area contributed by atoms with Crippen molar-refractivity contribution >= 4 is 56.4 Å². The van der Waals surface area contributed by atoms with Crippen molar-refractivity contribution in [2.75, 3.05) is 17.1 Å². The lowest BCUT2D eigenvalue weighted by atomic mass is 10.1. The fourth-order valence-corrected chi connectivity index (χ4v) is 4.57. The third kappa shape index (κ3) is 7.81. The molecule has 0 unspecified atom stereocenters. The lowest BCUT2D eigenvalue weighted by molar-refractivity contribution is -0.384. The van der Waals surface area contributed by atoms with E-state index < -0.39 is 39.3 Å². The molecule has 0 aliphatic carbocycles. The molecule has 0 saturated carbocycles. The second-order valence-corrected chi connectivity index (χ2v) is 11.0. The minimum absolute atomic E-state index is 0.0544. The number of halogens is 2. The van der Waals surface area contributed by atoms with Gasteiger partial charge in [-0.2, -0.15) is 0 Å². The molecule has 0 fully saturated rings. The van der Waals surface area contributed by atoms with Gasteiger partial charge in [-0.15, -0.1) is 0 Å². The SMILES string of the molecule is CC[C@@H](C)NC(=O)[C@@H](C)N(Cc1ccc(Cl)cc1Cl)C(=O)CN(c1cccc([N+](=O)[O-])c1)S(C)(=O)=O. The van der Waals surface area contributed by atoms with Crippen molar-refractivity contribution in [3.63, 3.8) is 0 Å². The smallest absolute Gasteiger partial charge is 0.271 e. The van der Waals surface area contributed by atoms with Gasteiger partial charge in [-0.1, -0.05) is 42.3 Å². The second-order valence-electron chi connectivity index (χ2n) is 8.30. The third-order valence-electron chi connectivity index (χ3n) is 5.53. The number of nitro benzene ring substituents is 1. The van der Waals surface area contributed by atoms with Crippen molar-refractivity contribution in [1.82, 2.24) is 10.2 Å². The summed E-state index contributed by atoms with van der Waals surface area (Å²) in [7, 11) is -4.03. The highest BCUT2D eigenvalue weighted by Gasteiger charge is 2.31. The van der Waals surface area contributed by atoms with Crippen molar-refractivity contribution in [3.8, 4) is 0 Å². The van der Waals surface area contributed by atoms with E-state index in [1.165, 1.54) is 36.1 Å². The van der Waals surface area contributed by atoms with Crippen molar-refractivity contribution in [1.29, 1.82) is 0 Å². The highest BCUT2D eigenvalue weighted by atomic mass is 35.5. The maximum absolute atomic E-state index is 13.5. The van der Waals surface area contributed by atoms with Gasteiger partial charge in [-0.3, -0.25) is 24.0 Å². The normalized spacial score (nSPS) is 12.9. The zero-order valence-electron chi connectivity index (χ0n) is 20.3. The minimum Gasteiger partial charge on any atom is -0.352 e. The number of sulfonamides is 1. The third-order valence-corrected chi connectivity index (χ3v) is 7.26. The van der Waals surface area contributed by atoms with Crippen molar-refractivity contribution in [2.45, 2.75) is 45.8 Å². The Morgan fingerprint density at radius 3 is 2.36 bits per heavy atom. The van der Waals surface area contributed by atoms with Gasteiger partial charge < -0.3 is 10.2 Å². The van der Waals surface area contributed by atoms with Crippen molar-refractivity contribution < 1.29 is 22.9 Å². The van der Waals surface area contributed by atoms with Gasteiger partial charge in [0.25, 0.3) is 5.69 Å². The summed E-state index contributed by atoms with van der Waals surface area (Å²) in [6.45, 7) is 4.45. The number of carbonyl (C=O) groups excluding carboxylic acids is 2. The number of benzene rings is 2. The highest BCUT2D eigenvalue weighted by Crippen LogP contribution is 2.26. The summed E-state index contributed by atoms with van der Waals surface area (Å²) in [6, 6.07) is 8.51. The van der Waals surface area contributed by atoms with E-state index in [0.717, 1.165) is 16.6 Å². The first kappa shape index (κ1) is 29.3. The van der Waals surface area contributed by atoms with E-state index in [2.05, 4.69) is 5.32 Å². The largest absolute Gasteiger partial charge is 0.352 e. The van der Waals surface area contributed by atoms with E-state index in [0.29, 0.717) is 17.0 Å². The van der Waals surface area contributed by atoms with Crippen LogP contribution in [0, 0.1) is 10.1 Å². The Morgan fingerprint density at radius 2 is 1.81 bits per heavy atom. The maximum atomic E-state index is 13.5. The van der Waals surface area contributed by atoms with Gasteiger partial charge in [0.15, 0.2) is 0 Å². The van der Waals surface area contributed by atoms with Crippen LogP contribution in [0.3, 0.4) is 0 Å². The topological polar surface area (TPSA) is 130 Å². The monoisotopic (exact) mass is 558 g/mol. The van der Waals surface area contributed by atoms with Crippen LogP contribution >= 0.6 is 23.2 Å². The maximum Gasteiger partial charge on any atom is 0.271 e. The molecule has 0 saturated heterocycles. The number of nitrogens with one attached hydrogen (secondary N) is 1. The lowest BCUT2D eigenvalue weighted by Crippen LogP contribution is -2.52. The fourth-order valence-electron chi connectivity index (χ4n) is 3.26. The number of hydrogen-bond acceptors (Lipinski definition) is 6. The van der Waals surface area contributed by atoms with Gasteiger partial charge in [0.2, 0.25) is 21.8 Å². The molecule has 2 atom stereocenters. The molecule has 0 radical (unpaired) electrons. The number of rotatable bonds is 11. The summed E-state index contributed by atoms with van der Waals surface area (Å²) in [5.74, 6) is -1.13. The number of nitro groups is 1. The Hall–Kier alpha value is -2.89. The summed E-state index contributed by atoms with van der Waals surface area (Å²) in [5.41, 5.74) is 0.111. The molecule has 0 aliphatic rings. The molecule has 13 heteroatoms. The average molecular weight is 559 g/mol. The molecule has 196 valence electrons. The van der Waals surface area contributed by atoms with E-state index in [4.69, 9.17) is 23.2 Å². The zero-order chi connectivity index (χ0) is 27.2. The Morgan fingerprint density at radius 1 is 1.14 bits per heavy atom. The van der Waals surface area contributed by atoms with E-state index in [1.54, 1.807) is 12.1 Å². The molecule has 0 bridgehead atoms. The van der Waals surface area contributed by atoms with Crippen LogP contribution in [0.4, 0.5) is 11.4 Å². The van der Waals surface area contributed by atoms with Crippen LogP contribution < -0.4 is 9.62 Å². The van der Waals surface area contributed by atoms with Crippen LogP contribution in [0.1, 0.15) is 32.8 Å². The molecule has 1 N–H and O–H groups in total.